The van der Waals surface area contributed by atoms with Crippen molar-refractivity contribution in [1.29, 1.82) is 0 Å². The van der Waals surface area contributed by atoms with Gasteiger partial charge >= 0.3 is 0 Å². The van der Waals surface area contributed by atoms with E-state index in [-0.39, 0.29) is 11.1 Å². The third-order valence-corrected chi connectivity index (χ3v) is 3.63. The summed E-state index contributed by atoms with van der Waals surface area (Å²) in [6, 6.07) is 1.46. The number of pyridine rings is 1. The van der Waals surface area contributed by atoms with E-state index in [2.05, 4.69) is 21.0 Å². The topological polar surface area (TPSA) is 65.8 Å². The van der Waals surface area contributed by atoms with Gasteiger partial charge in [-0.3, -0.25) is 9.48 Å². The van der Waals surface area contributed by atoms with Gasteiger partial charge in [0.25, 0.3) is 0 Å². The number of nitrogens with two attached hydrogens (primary N) is 1. The Morgan fingerprint density at radius 2 is 2.24 bits per heavy atom. The summed E-state index contributed by atoms with van der Waals surface area (Å²) in [5.41, 5.74) is 7.66. The molecule has 0 unspecified atom stereocenters. The lowest BCUT2D eigenvalue weighted by molar-refractivity contribution is 0.660. The third kappa shape index (κ3) is 2.26. The zero-order valence-electron chi connectivity index (χ0n) is 9.64. The Balaban J connectivity index is 2.37. The van der Waals surface area contributed by atoms with Gasteiger partial charge < -0.3 is 10.3 Å². The lowest BCUT2D eigenvalue weighted by atomic mass is 10.3. The quantitative estimate of drug-likeness (QED) is 0.908. The van der Waals surface area contributed by atoms with Crippen LogP contribution in [0.5, 0.6) is 0 Å². The lowest BCUT2D eigenvalue weighted by Crippen LogP contribution is -2.12. The number of aryl methyl sites for hydroxylation is 2. The van der Waals surface area contributed by atoms with Gasteiger partial charge in [0.1, 0.15) is 0 Å². The van der Waals surface area contributed by atoms with Gasteiger partial charge in [-0.1, -0.05) is 0 Å². The monoisotopic (exact) mass is 296 g/mol. The summed E-state index contributed by atoms with van der Waals surface area (Å²) in [6.45, 7) is 2.55. The van der Waals surface area contributed by atoms with Gasteiger partial charge in [0.15, 0.2) is 0 Å². The van der Waals surface area contributed by atoms with Crippen LogP contribution in [0.1, 0.15) is 11.4 Å². The predicted octanol–water partition coefficient (Wildman–Crippen LogP) is 1.28. The third-order valence-electron chi connectivity index (χ3n) is 2.60. The fourth-order valence-corrected chi connectivity index (χ4v) is 2.13. The van der Waals surface area contributed by atoms with Crippen molar-refractivity contribution < 1.29 is 0 Å². The van der Waals surface area contributed by atoms with Crippen molar-refractivity contribution in [3.05, 3.63) is 44.5 Å². The maximum Gasteiger partial charge on any atom is 0.204 e. The summed E-state index contributed by atoms with van der Waals surface area (Å²) in [5, 5.41) is 4.31. The maximum absolute atomic E-state index is 11.2. The molecule has 2 N–H and O–H groups in total. The van der Waals surface area contributed by atoms with Crippen molar-refractivity contribution >= 4 is 21.6 Å². The molecule has 0 fully saturated rings. The van der Waals surface area contributed by atoms with Gasteiger partial charge in [0.2, 0.25) is 5.43 Å². The molecule has 6 heteroatoms. The van der Waals surface area contributed by atoms with Crippen LogP contribution in [-0.2, 0) is 13.6 Å². The van der Waals surface area contributed by atoms with Crippen molar-refractivity contribution in [3.8, 4) is 0 Å². The number of hydrogen-bond donors (Lipinski definition) is 1. The fraction of sp³-hybridized carbons (Fsp3) is 0.273. The highest BCUT2D eigenvalue weighted by Crippen LogP contribution is 2.20. The molecule has 0 saturated heterocycles. The van der Waals surface area contributed by atoms with Crippen LogP contribution < -0.4 is 11.2 Å². The molecule has 2 rings (SSSR count). The lowest BCUT2D eigenvalue weighted by Gasteiger charge is -2.07. The van der Waals surface area contributed by atoms with Crippen LogP contribution in [0.3, 0.4) is 0 Å². The van der Waals surface area contributed by atoms with Crippen LogP contribution in [0.2, 0.25) is 0 Å². The summed E-state index contributed by atoms with van der Waals surface area (Å²) in [7, 11) is 1.89. The maximum atomic E-state index is 11.2. The first kappa shape index (κ1) is 11.9. The number of nitrogens with zero attached hydrogens (tertiary/aromatic N) is 3. The molecule has 5 nitrogen and oxygen atoms in total. The Bertz CT molecular complexity index is 614. The van der Waals surface area contributed by atoms with Crippen molar-refractivity contribution in [2.45, 2.75) is 13.5 Å². The molecular formula is C11H13BrN4O. The minimum atomic E-state index is -0.151. The van der Waals surface area contributed by atoms with Crippen LogP contribution in [0.25, 0.3) is 0 Å². The number of rotatable bonds is 2. The Hall–Kier alpha value is -1.56. The van der Waals surface area contributed by atoms with Crippen molar-refractivity contribution in [2.24, 2.45) is 7.05 Å². The van der Waals surface area contributed by atoms with Gasteiger partial charge in [-0.05, 0) is 22.9 Å². The Morgan fingerprint density at radius 1 is 1.53 bits per heavy atom. The van der Waals surface area contributed by atoms with Crippen molar-refractivity contribution in [1.82, 2.24) is 14.3 Å². The van der Waals surface area contributed by atoms with E-state index in [1.165, 1.54) is 6.07 Å². The SMILES string of the molecule is Cc1nn(C)c(Cn2ccc(=O)c(N)c2)c1Br. The van der Waals surface area contributed by atoms with Gasteiger partial charge in [0.05, 0.1) is 28.1 Å². The summed E-state index contributed by atoms with van der Waals surface area (Å²) >= 11 is 3.50. The van der Waals surface area contributed by atoms with Crippen molar-refractivity contribution in [3.63, 3.8) is 0 Å². The van der Waals surface area contributed by atoms with E-state index in [0.29, 0.717) is 6.54 Å². The van der Waals surface area contributed by atoms with Crippen LogP contribution >= 0.6 is 15.9 Å². The summed E-state index contributed by atoms with van der Waals surface area (Å²) in [5.74, 6) is 0. The van der Waals surface area contributed by atoms with E-state index in [1.54, 1.807) is 12.4 Å². The van der Waals surface area contributed by atoms with E-state index in [9.17, 15) is 4.79 Å². The first-order valence-electron chi connectivity index (χ1n) is 5.12. The largest absolute Gasteiger partial charge is 0.394 e. The summed E-state index contributed by atoms with van der Waals surface area (Å²) in [4.78, 5) is 11.2. The number of halogens is 1. The normalized spacial score (nSPS) is 10.8. The highest BCUT2D eigenvalue weighted by atomic mass is 79.9. The molecule has 0 bridgehead atoms. The zero-order valence-corrected chi connectivity index (χ0v) is 11.2. The Morgan fingerprint density at radius 3 is 2.76 bits per heavy atom. The summed E-state index contributed by atoms with van der Waals surface area (Å²) in [6.07, 6.45) is 3.35. The molecule has 0 atom stereocenters. The molecule has 90 valence electrons. The second-order valence-electron chi connectivity index (χ2n) is 3.91. The molecule has 0 aliphatic rings. The van der Waals surface area contributed by atoms with E-state index < -0.39 is 0 Å². The van der Waals surface area contributed by atoms with Gasteiger partial charge in [-0.15, -0.1) is 0 Å². The molecule has 0 radical (unpaired) electrons. The molecule has 0 aliphatic carbocycles. The number of hydrogen-bond acceptors (Lipinski definition) is 3. The number of anilines is 1. The number of aromatic nitrogens is 3. The second-order valence-corrected chi connectivity index (χ2v) is 4.70. The molecule has 0 aliphatic heterocycles. The van der Waals surface area contributed by atoms with Gasteiger partial charge in [-0.25, -0.2) is 0 Å². The smallest absolute Gasteiger partial charge is 0.204 e. The van der Waals surface area contributed by atoms with E-state index >= 15 is 0 Å². The van der Waals surface area contributed by atoms with E-state index in [4.69, 9.17) is 5.73 Å². The first-order valence-corrected chi connectivity index (χ1v) is 5.92. The Kier molecular flexibility index (Phi) is 3.06. The highest BCUT2D eigenvalue weighted by molar-refractivity contribution is 9.10. The van der Waals surface area contributed by atoms with Crippen LogP contribution in [0.4, 0.5) is 5.69 Å². The highest BCUT2D eigenvalue weighted by Gasteiger charge is 2.10. The van der Waals surface area contributed by atoms with E-state index in [1.807, 2.05) is 23.2 Å². The molecule has 2 aromatic rings. The van der Waals surface area contributed by atoms with Crippen molar-refractivity contribution in [2.75, 3.05) is 5.73 Å². The predicted molar refractivity (Wildman–Crippen MR) is 69.9 cm³/mol. The molecule has 2 heterocycles. The molecule has 2 aromatic heterocycles. The van der Waals surface area contributed by atoms with Crippen LogP contribution in [0.15, 0.2) is 27.7 Å². The minimum Gasteiger partial charge on any atom is -0.394 e. The molecule has 0 spiro atoms. The van der Waals surface area contributed by atoms with Crippen LogP contribution in [0, 0.1) is 6.92 Å². The minimum absolute atomic E-state index is 0.151. The molecule has 0 aromatic carbocycles. The molecule has 0 amide bonds. The number of nitrogen functional groups attached to an aromatic ring is 1. The van der Waals surface area contributed by atoms with Gasteiger partial charge in [-0.2, -0.15) is 5.10 Å². The summed E-state index contributed by atoms with van der Waals surface area (Å²) < 4.78 is 4.66. The average molecular weight is 297 g/mol. The van der Waals surface area contributed by atoms with Gasteiger partial charge in [0, 0.05) is 25.5 Å². The molecule has 0 saturated carbocycles. The average Bonchev–Trinajstić information content (AvgIpc) is 2.50. The molecular weight excluding hydrogens is 284 g/mol. The first-order chi connectivity index (χ1) is 7.99. The standard InChI is InChI=1S/C11H13BrN4O/c1-7-11(12)9(15(2)14-7)6-16-4-3-10(17)8(13)5-16/h3-5H,6,13H2,1-2H3. The fourth-order valence-electron chi connectivity index (χ4n) is 1.67. The molecule has 17 heavy (non-hydrogen) atoms. The Labute approximate surface area is 107 Å². The second kappa shape index (κ2) is 4.37. The zero-order chi connectivity index (χ0) is 12.6. The van der Waals surface area contributed by atoms with E-state index in [0.717, 1.165) is 15.9 Å². The van der Waals surface area contributed by atoms with Crippen LogP contribution in [-0.4, -0.2) is 14.3 Å².